The summed E-state index contributed by atoms with van der Waals surface area (Å²) in [5.74, 6) is 1.54. The van der Waals surface area contributed by atoms with Gasteiger partial charge in [0.1, 0.15) is 11.2 Å². The van der Waals surface area contributed by atoms with E-state index in [0.29, 0.717) is 0 Å². The molecule has 4 heteroatoms. The van der Waals surface area contributed by atoms with Crippen LogP contribution in [-0.2, 0) is 0 Å². The Morgan fingerprint density at radius 2 is 0.581 bits per heavy atom. The van der Waals surface area contributed by atoms with Crippen LogP contribution in [0.25, 0.3) is 90.0 Å². The van der Waals surface area contributed by atoms with Crippen LogP contribution in [0.15, 0.2) is 276 Å². The molecule has 0 atom stereocenters. The average molecular weight is 949 g/mol. The lowest BCUT2D eigenvalue weighted by Gasteiger charge is -2.22. The van der Waals surface area contributed by atoms with Gasteiger partial charge in [0.05, 0.1) is 0 Å². The smallest absolute Gasteiger partial charge is 0.205 e. The van der Waals surface area contributed by atoms with E-state index >= 15 is 0 Å². The molecule has 0 aliphatic carbocycles. The fourth-order valence-electron chi connectivity index (χ4n) is 10.3. The van der Waals surface area contributed by atoms with E-state index in [2.05, 4.69) is 252 Å². The minimum absolute atomic E-state index is 0.772. The quantitative estimate of drug-likeness (QED) is 0.0902. The molecule has 0 spiro atoms. The first-order valence-corrected chi connectivity index (χ1v) is 25.1. The zero-order chi connectivity index (χ0) is 49.2. The first-order chi connectivity index (χ1) is 36.7. The molecule has 0 radical (unpaired) electrons. The van der Waals surface area contributed by atoms with Crippen molar-refractivity contribution in [3.8, 4) is 22.3 Å². The molecule has 2 heterocycles. The van der Waals surface area contributed by atoms with Crippen molar-refractivity contribution < 1.29 is 8.83 Å². The van der Waals surface area contributed by atoms with Gasteiger partial charge in [-0.05, 0) is 139 Å². The van der Waals surface area contributed by atoms with Crippen LogP contribution in [0, 0.1) is 0 Å². The number of nitrogens with zero attached hydrogens (tertiary/aromatic N) is 2. The van der Waals surface area contributed by atoms with Gasteiger partial charge in [0, 0.05) is 45.7 Å². The van der Waals surface area contributed by atoms with Gasteiger partial charge in [0.15, 0.2) is 0 Å². The third kappa shape index (κ3) is 8.61. The normalized spacial score (nSPS) is 11.7. The van der Waals surface area contributed by atoms with Crippen LogP contribution in [0.4, 0.5) is 34.5 Å². The third-order valence-electron chi connectivity index (χ3n) is 13.8. The Balaban J connectivity index is 0.867. The molecule has 11 aromatic carbocycles. The molecule has 0 aliphatic heterocycles. The highest BCUT2D eigenvalue weighted by Crippen LogP contribution is 2.46. The van der Waals surface area contributed by atoms with E-state index in [-0.39, 0.29) is 0 Å². The Hall–Kier alpha value is -9.90. The van der Waals surface area contributed by atoms with E-state index in [0.717, 1.165) is 78.7 Å². The predicted octanol–water partition coefficient (Wildman–Crippen LogP) is 20.1. The first kappa shape index (κ1) is 44.1. The Morgan fingerprint density at radius 1 is 0.257 bits per heavy atom. The number of hydrogen-bond acceptors (Lipinski definition) is 4. The lowest BCUT2D eigenvalue weighted by molar-refractivity contribution is 0.620. The minimum atomic E-state index is 0.772. The molecule has 0 bridgehead atoms. The van der Waals surface area contributed by atoms with Crippen molar-refractivity contribution >= 4 is 102 Å². The molecule has 0 N–H and O–H groups in total. The summed E-state index contributed by atoms with van der Waals surface area (Å²) in [6, 6.07) is 94.1. The minimum Gasteiger partial charge on any atom is -0.440 e. The number of hydrogen-bond donors (Lipinski definition) is 0. The van der Waals surface area contributed by atoms with E-state index in [9.17, 15) is 0 Å². The average Bonchev–Trinajstić information content (AvgIpc) is 4.10. The molecule has 0 amide bonds. The molecule has 74 heavy (non-hydrogen) atoms. The Morgan fingerprint density at radius 3 is 0.973 bits per heavy atom. The van der Waals surface area contributed by atoms with Crippen molar-refractivity contribution in [3.63, 3.8) is 0 Å². The van der Waals surface area contributed by atoms with E-state index < -0.39 is 0 Å². The highest BCUT2D eigenvalue weighted by Gasteiger charge is 2.20. The summed E-state index contributed by atoms with van der Waals surface area (Å²) in [5, 5.41) is 6.96. The summed E-state index contributed by atoms with van der Waals surface area (Å²) < 4.78 is 12.8. The van der Waals surface area contributed by atoms with Crippen LogP contribution in [-0.4, -0.2) is 0 Å². The second kappa shape index (κ2) is 19.4. The maximum absolute atomic E-state index is 6.40. The Kier molecular flexibility index (Phi) is 11.5. The molecule has 0 unspecified atom stereocenters. The third-order valence-corrected chi connectivity index (χ3v) is 13.8. The largest absolute Gasteiger partial charge is 0.440 e. The van der Waals surface area contributed by atoms with E-state index in [1.54, 1.807) is 0 Å². The van der Waals surface area contributed by atoms with Crippen LogP contribution in [0.2, 0.25) is 0 Å². The standard InChI is InChI=1S/C70H48N2O2/c1-5-17-53(18-6-1)69-61-43-37-51(31-29-49-33-39-59(40-34-49)71(57-23-9-3-10-24-57)67-47-55-21-13-15-27-65(55)73-67)45-63(61)64-46-52(38-44-62(64)70(69)54-19-7-2-8-20-54)32-30-50-35-41-60(42-36-50)72(58-25-11-4-12-26-58)68-48-56-22-14-16-28-66(56)74-68/h1-48H/b31-29+,32-30+. The molecule has 0 saturated carbocycles. The topological polar surface area (TPSA) is 32.8 Å². The van der Waals surface area contributed by atoms with E-state index in [1.807, 2.05) is 48.5 Å². The van der Waals surface area contributed by atoms with Gasteiger partial charge < -0.3 is 8.83 Å². The van der Waals surface area contributed by atoms with Gasteiger partial charge in [-0.3, -0.25) is 9.80 Å². The van der Waals surface area contributed by atoms with Gasteiger partial charge in [-0.25, -0.2) is 0 Å². The molecule has 13 aromatic rings. The van der Waals surface area contributed by atoms with Gasteiger partial charge in [-0.15, -0.1) is 0 Å². The first-order valence-electron chi connectivity index (χ1n) is 25.1. The molecule has 350 valence electrons. The summed E-state index contributed by atoms with van der Waals surface area (Å²) in [7, 11) is 0. The van der Waals surface area contributed by atoms with Gasteiger partial charge >= 0.3 is 0 Å². The van der Waals surface area contributed by atoms with Crippen LogP contribution >= 0.6 is 0 Å². The van der Waals surface area contributed by atoms with E-state index in [4.69, 9.17) is 8.83 Å². The van der Waals surface area contributed by atoms with Crippen LogP contribution < -0.4 is 9.80 Å². The highest BCUT2D eigenvalue weighted by atomic mass is 16.4. The Labute approximate surface area is 430 Å². The second-order valence-electron chi connectivity index (χ2n) is 18.5. The fraction of sp³-hybridized carbons (Fsp3) is 0. The summed E-state index contributed by atoms with van der Waals surface area (Å²) in [6.45, 7) is 0. The second-order valence-corrected chi connectivity index (χ2v) is 18.5. The van der Waals surface area contributed by atoms with Crippen molar-refractivity contribution in [1.82, 2.24) is 0 Å². The molecule has 0 aliphatic rings. The fourth-order valence-corrected chi connectivity index (χ4v) is 10.3. The van der Waals surface area contributed by atoms with Crippen molar-refractivity contribution in [2.24, 2.45) is 0 Å². The van der Waals surface area contributed by atoms with Crippen LogP contribution in [0.5, 0.6) is 0 Å². The van der Waals surface area contributed by atoms with Crippen molar-refractivity contribution in [3.05, 3.63) is 289 Å². The van der Waals surface area contributed by atoms with Crippen LogP contribution in [0.3, 0.4) is 0 Å². The zero-order valence-corrected chi connectivity index (χ0v) is 40.4. The lowest BCUT2D eigenvalue weighted by atomic mass is 9.84. The summed E-state index contributed by atoms with van der Waals surface area (Å²) in [4.78, 5) is 4.33. The monoisotopic (exact) mass is 948 g/mol. The maximum atomic E-state index is 6.40. The van der Waals surface area contributed by atoms with Gasteiger partial charge in [0.25, 0.3) is 0 Å². The molecule has 2 aromatic heterocycles. The number of benzene rings is 11. The van der Waals surface area contributed by atoms with Crippen molar-refractivity contribution in [2.45, 2.75) is 0 Å². The molecule has 13 rings (SSSR count). The lowest BCUT2D eigenvalue weighted by Crippen LogP contribution is -2.08. The molecule has 0 fully saturated rings. The van der Waals surface area contributed by atoms with Crippen LogP contribution in [0.1, 0.15) is 22.3 Å². The van der Waals surface area contributed by atoms with E-state index in [1.165, 1.54) is 43.8 Å². The number of furan rings is 2. The summed E-state index contributed by atoms with van der Waals surface area (Å²) >= 11 is 0. The van der Waals surface area contributed by atoms with Gasteiger partial charge in [-0.1, -0.05) is 206 Å². The maximum Gasteiger partial charge on any atom is 0.205 e. The number of rotatable bonds is 12. The molecule has 0 saturated heterocycles. The zero-order valence-electron chi connectivity index (χ0n) is 40.4. The number of para-hydroxylation sites is 4. The predicted molar refractivity (Wildman–Crippen MR) is 312 cm³/mol. The molecular formula is C70H48N2O2. The SMILES string of the molecule is C(=C\c1ccc2c(-c3ccccc3)c(-c3ccccc3)c3ccc(/C=C/c4ccc(N(c5ccccc5)c5cc6ccccc6o5)cc4)cc3c2c1)/c1ccc(N(c2ccccc2)c2cc3ccccc3o2)cc1. The number of fused-ring (bicyclic) bond motifs is 5. The van der Waals surface area contributed by atoms with Crippen molar-refractivity contribution in [2.75, 3.05) is 9.80 Å². The Bertz CT molecular complexity index is 3820. The van der Waals surface area contributed by atoms with Gasteiger partial charge in [0.2, 0.25) is 11.8 Å². The highest BCUT2D eigenvalue weighted by molar-refractivity contribution is 6.22. The summed E-state index contributed by atoms with van der Waals surface area (Å²) in [5.41, 5.74) is 15.1. The number of anilines is 6. The molecular weight excluding hydrogens is 901 g/mol. The van der Waals surface area contributed by atoms with Crippen molar-refractivity contribution in [1.29, 1.82) is 0 Å². The van der Waals surface area contributed by atoms with Gasteiger partial charge in [-0.2, -0.15) is 0 Å². The summed E-state index contributed by atoms with van der Waals surface area (Å²) in [6.07, 6.45) is 8.85. The molecule has 4 nitrogen and oxygen atoms in total.